The number of hydrogen-bond donors (Lipinski definition) is 0. The molecule has 47 heavy (non-hydrogen) atoms. The van der Waals surface area contributed by atoms with Crippen molar-refractivity contribution in [1.29, 1.82) is 0 Å². The minimum atomic E-state index is 0.912. The first kappa shape index (κ1) is 27.1. The Balaban J connectivity index is 1.15. The summed E-state index contributed by atoms with van der Waals surface area (Å²) in [5, 5.41) is 4.74. The molecule has 2 aromatic heterocycles. The van der Waals surface area contributed by atoms with Crippen LogP contribution in [0.2, 0.25) is 0 Å². The zero-order valence-corrected chi connectivity index (χ0v) is 25.6. The third-order valence-electron chi connectivity index (χ3n) is 9.05. The van der Waals surface area contributed by atoms with Gasteiger partial charge in [0.15, 0.2) is 0 Å². The van der Waals surface area contributed by atoms with Crippen LogP contribution in [0.1, 0.15) is 0 Å². The second-order valence-electron chi connectivity index (χ2n) is 12.0. The molecular weight excluding hydrogens is 571 g/mol. The van der Waals surface area contributed by atoms with Gasteiger partial charge in [-0.2, -0.15) is 0 Å². The summed E-state index contributed by atoms with van der Waals surface area (Å²) < 4.78 is 6.56. The smallest absolute Gasteiger partial charge is 0.143 e. The molecule has 0 atom stereocenters. The van der Waals surface area contributed by atoms with Gasteiger partial charge in [0, 0.05) is 27.5 Å². The van der Waals surface area contributed by atoms with E-state index >= 15 is 0 Å². The number of furan rings is 1. The predicted molar refractivity (Wildman–Crippen MR) is 196 cm³/mol. The second-order valence-corrected chi connectivity index (χ2v) is 12.0. The van der Waals surface area contributed by atoms with Gasteiger partial charge < -0.3 is 4.42 Å². The first-order valence-electron chi connectivity index (χ1n) is 16.0. The van der Waals surface area contributed by atoms with Gasteiger partial charge in [0.25, 0.3) is 0 Å². The summed E-state index contributed by atoms with van der Waals surface area (Å²) in [7, 11) is 0. The highest BCUT2D eigenvalue weighted by atomic mass is 16.3. The SMILES string of the molecule is c1ccc(-c2cc(-c3ccccc3)nc(-c3cccc(-c4cccc(-c5cccc6c5oc5ccc7ccccc7c56)c4)c3)c2)cc1. The van der Waals surface area contributed by atoms with E-state index in [1.807, 2.05) is 6.07 Å². The van der Waals surface area contributed by atoms with Crippen molar-refractivity contribution < 1.29 is 4.42 Å². The Labute approximate surface area is 273 Å². The van der Waals surface area contributed by atoms with Gasteiger partial charge in [0.05, 0.1) is 11.4 Å². The number of pyridine rings is 1. The fourth-order valence-corrected chi connectivity index (χ4v) is 6.75. The summed E-state index contributed by atoms with van der Waals surface area (Å²) in [5.74, 6) is 0. The number of fused-ring (bicyclic) bond motifs is 5. The highest BCUT2D eigenvalue weighted by Gasteiger charge is 2.15. The quantitative estimate of drug-likeness (QED) is 0.197. The normalized spacial score (nSPS) is 11.4. The van der Waals surface area contributed by atoms with Crippen LogP contribution in [-0.2, 0) is 0 Å². The second kappa shape index (κ2) is 11.3. The third kappa shape index (κ3) is 4.88. The van der Waals surface area contributed by atoms with Gasteiger partial charge in [0.1, 0.15) is 11.2 Å². The van der Waals surface area contributed by atoms with Crippen LogP contribution in [-0.4, -0.2) is 4.98 Å². The van der Waals surface area contributed by atoms with Gasteiger partial charge >= 0.3 is 0 Å². The van der Waals surface area contributed by atoms with Crippen LogP contribution in [0, 0.1) is 0 Å². The van der Waals surface area contributed by atoms with Crippen molar-refractivity contribution in [2.45, 2.75) is 0 Å². The zero-order valence-electron chi connectivity index (χ0n) is 25.6. The van der Waals surface area contributed by atoms with Gasteiger partial charge in [-0.25, -0.2) is 4.98 Å². The molecule has 2 heterocycles. The molecule has 2 heteroatoms. The van der Waals surface area contributed by atoms with E-state index in [4.69, 9.17) is 9.40 Å². The van der Waals surface area contributed by atoms with Crippen molar-refractivity contribution in [2.24, 2.45) is 0 Å². The predicted octanol–water partition coefficient (Wildman–Crippen LogP) is 12.5. The average molecular weight is 600 g/mol. The van der Waals surface area contributed by atoms with Gasteiger partial charge in [0.2, 0.25) is 0 Å². The molecule has 0 aliphatic heterocycles. The largest absolute Gasteiger partial charge is 0.455 e. The summed E-state index contributed by atoms with van der Waals surface area (Å²) in [6.45, 7) is 0. The fraction of sp³-hybridized carbons (Fsp3) is 0. The van der Waals surface area contributed by atoms with Gasteiger partial charge in [-0.05, 0) is 68.9 Å². The molecule has 0 fully saturated rings. The molecule has 0 bridgehead atoms. The van der Waals surface area contributed by atoms with Gasteiger partial charge in [-0.15, -0.1) is 0 Å². The Bertz CT molecular complexity index is 2510. The van der Waals surface area contributed by atoms with Crippen molar-refractivity contribution in [1.82, 2.24) is 4.98 Å². The lowest BCUT2D eigenvalue weighted by molar-refractivity contribution is 0.670. The van der Waals surface area contributed by atoms with Crippen molar-refractivity contribution in [3.8, 4) is 55.9 Å². The molecule has 0 spiro atoms. The summed E-state index contributed by atoms with van der Waals surface area (Å²) >= 11 is 0. The molecule has 9 rings (SSSR count). The number of hydrogen-bond acceptors (Lipinski definition) is 2. The number of nitrogens with zero attached hydrogens (tertiary/aromatic N) is 1. The van der Waals surface area contributed by atoms with Crippen LogP contribution in [0.4, 0.5) is 0 Å². The minimum absolute atomic E-state index is 0.912. The number of benzene rings is 7. The standard InChI is InChI=1S/C45H29NO/c1-3-12-30(13-4-1)37-28-41(32-15-5-2-6-16-32)46-42(29-37)36-20-10-18-34(27-36)33-17-9-19-35(26-33)39-22-11-23-40-44-38-21-8-7-14-31(38)24-25-43(44)47-45(39)40/h1-29H. The zero-order chi connectivity index (χ0) is 31.2. The van der Waals surface area contributed by atoms with E-state index in [0.717, 1.165) is 66.9 Å². The Kier molecular flexibility index (Phi) is 6.50. The first-order valence-corrected chi connectivity index (χ1v) is 16.0. The lowest BCUT2D eigenvalue weighted by Gasteiger charge is -2.12. The van der Waals surface area contributed by atoms with Crippen LogP contribution >= 0.6 is 0 Å². The van der Waals surface area contributed by atoms with E-state index in [0.29, 0.717) is 0 Å². The Hall–Kier alpha value is -6.25. The van der Waals surface area contributed by atoms with E-state index in [2.05, 4.69) is 170 Å². The first-order chi connectivity index (χ1) is 23.3. The summed E-state index contributed by atoms with van der Waals surface area (Å²) in [6, 6.07) is 62.0. The molecule has 0 radical (unpaired) electrons. The van der Waals surface area contributed by atoms with Crippen molar-refractivity contribution in [2.75, 3.05) is 0 Å². The van der Waals surface area contributed by atoms with E-state index in [9.17, 15) is 0 Å². The van der Waals surface area contributed by atoms with E-state index in [-0.39, 0.29) is 0 Å². The number of aromatic nitrogens is 1. The molecule has 220 valence electrons. The van der Waals surface area contributed by atoms with Crippen LogP contribution < -0.4 is 0 Å². The number of rotatable bonds is 5. The highest BCUT2D eigenvalue weighted by molar-refractivity contribution is 6.20. The molecule has 0 saturated heterocycles. The summed E-state index contributed by atoms with van der Waals surface area (Å²) in [5.41, 5.74) is 12.7. The van der Waals surface area contributed by atoms with Gasteiger partial charge in [-0.1, -0.05) is 146 Å². The highest BCUT2D eigenvalue weighted by Crippen LogP contribution is 2.40. The summed E-state index contributed by atoms with van der Waals surface area (Å²) in [6.07, 6.45) is 0. The van der Waals surface area contributed by atoms with E-state index in [1.54, 1.807) is 0 Å². The van der Waals surface area contributed by atoms with E-state index in [1.165, 1.54) is 21.7 Å². The lowest BCUT2D eigenvalue weighted by atomic mass is 9.95. The summed E-state index contributed by atoms with van der Waals surface area (Å²) in [4.78, 5) is 5.16. The maximum atomic E-state index is 6.56. The molecule has 0 unspecified atom stereocenters. The van der Waals surface area contributed by atoms with Crippen molar-refractivity contribution in [3.63, 3.8) is 0 Å². The van der Waals surface area contributed by atoms with Crippen molar-refractivity contribution >= 4 is 32.7 Å². The molecule has 7 aromatic carbocycles. The Morgan fingerprint density at radius 3 is 1.72 bits per heavy atom. The maximum Gasteiger partial charge on any atom is 0.143 e. The van der Waals surface area contributed by atoms with Crippen LogP contribution in [0.5, 0.6) is 0 Å². The average Bonchev–Trinajstić information content (AvgIpc) is 3.55. The van der Waals surface area contributed by atoms with Crippen LogP contribution in [0.3, 0.4) is 0 Å². The molecule has 0 N–H and O–H groups in total. The molecule has 9 aromatic rings. The van der Waals surface area contributed by atoms with Crippen LogP contribution in [0.25, 0.3) is 88.6 Å². The number of para-hydroxylation sites is 1. The maximum absolute atomic E-state index is 6.56. The molecule has 2 nitrogen and oxygen atoms in total. The molecule has 0 amide bonds. The van der Waals surface area contributed by atoms with E-state index < -0.39 is 0 Å². The molecule has 0 aliphatic rings. The Morgan fingerprint density at radius 2 is 0.936 bits per heavy atom. The van der Waals surface area contributed by atoms with Gasteiger partial charge in [-0.3, -0.25) is 0 Å². The molecule has 0 saturated carbocycles. The topological polar surface area (TPSA) is 26.0 Å². The van der Waals surface area contributed by atoms with Crippen molar-refractivity contribution in [3.05, 3.63) is 176 Å². The lowest BCUT2D eigenvalue weighted by Crippen LogP contribution is -1.91. The Morgan fingerprint density at radius 1 is 0.362 bits per heavy atom. The third-order valence-corrected chi connectivity index (χ3v) is 9.05. The van der Waals surface area contributed by atoms with Crippen LogP contribution in [0.15, 0.2) is 180 Å². The molecular formula is C45H29NO. The monoisotopic (exact) mass is 599 g/mol. The fourth-order valence-electron chi connectivity index (χ4n) is 6.75. The molecule has 0 aliphatic carbocycles. The minimum Gasteiger partial charge on any atom is -0.455 e.